The summed E-state index contributed by atoms with van der Waals surface area (Å²) >= 11 is 7.49. The van der Waals surface area contributed by atoms with Gasteiger partial charge in [0, 0.05) is 18.7 Å². The number of hydrogen-bond donors (Lipinski definition) is 2. The van der Waals surface area contributed by atoms with Crippen LogP contribution in [0.25, 0.3) is 0 Å². The Morgan fingerprint density at radius 3 is 2.80 bits per heavy atom. The molecule has 0 radical (unpaired) electrons. The molecule has 1 aromatic carbocycles. The number of carbonyl (C=O) groups is 1. The SMILES string of the molecule is COCc1nnc(NC(=O)CN2CCCC(O)(COc3cc(C)c(Cl)c(C)c3)C2)s1. The van der Waals surface area contributed by atoms with Crippen LogP contribution < -0.4 is 10.1 Å². The fourth-order valence-corrected chi connectivity index (χ4v) is 4.35. The third-order valence-electron chi connectivity index (χ3n) is 4.90. The number of carbonyl (C=O) groups excluding carboxylic acids is 1. The molecule has 0 spiro atoms. The number of aromatic nitrogens is 2. The van der Waals surface area contributed by atoms with Crippen LogP contribution in [-0.2, 0) is 16.1 Å². The van der Waals surface area contributed by atoms with E-state index in [1.807, 2.05) is 30.9 Å². The zero-order valence-corrected chi connectivity index (χ0v) is 19.0. The average molecular weight is 455 g/mol. The fraction of sp³-hybridized carbons (Fsp3) is 0.550. The van der Waals surface area contributed by atoms with Crippen molar-refractivity contribution in [1.82, 2.24) is 15.1 Å². The Morgan fingerprint density at radius 2 is 2.10 bits per heavy atom. The van der Waals surface area contributed by atoms with Gasteiger partial charge in [0.25, 0.3) is 0 Å². The van der Waals surface area contributed by atoms with Gasteiger partial charge in [-0.25, -0.2) is 0 Å². The summed E-state index contributed by atoms with van der Waals surface area (Å²) in [6.45, 7) is 5.63. The van der Waals surface area contributed by atoms with E-state index >= 15 is 0 Å². The van der Waals surface area contributed by atoms with Crippen molar-refractivity contribution < 1.29 is 19.4 Å². The topological polar surface area (TPSA) is 96.8 Å². The summed E-state index contributed by atoms with van der Waals surface area (Å²) in [7, 11) is 1.58. The lowest BCUT2D eigenvalue weighted by atomic mass is 9.93. The van der Waals surface area contributed by atoms with Crippen molar-refractivity contribution in [2.24, 2.45) is 0 Å². The fourth-order valence-electron chi connectivity index (χ4n) is 3.51. The lowest BCUT2D eigenvalue weighted by Gasteiger charge is -2.38. The predicted octanol–water partition coefficient (Wildman–Crippen LogP) is 2.80. The number of amides is 1. The molecule has 0 saturated carbocycles. The highest BCUT2D eigenvalue weighted by molar-refractivity contribution is 7.15. The van der Waals surface area contributed by atoms with E-state index in [1.54, 1.807) is 7.11 Å². The second-order valence-electron chi connectivity index (χ2n) is 7.68. The highest BCUT2D eigenvalue weighted by atomic mass is 35.5. The van der Waals surface area contributed by atoms with Gasteiger partial charge in [0.2, 0.25) is 11.0 Å². The normalized spacial score (nSPS) is 19.6. The van der Waals surface area contributed by atoms with Crippen LogP contribution in [-0.4, -0.2) is 65.1 Å². The molecule has 1 unspecified atom stereocenters. The van der Waals surface area contributed by atoms with Crippen molar-refractivity contribution in [2.75, 3.05) is 38.7 Å². The minimum atomic E-state index is -1.02. The highest BCUT2D eigenvalue weighted by Gasteiger charge is 2.35. The first-order valence-electron chi connectivity index (χ1n) is 9.73. The lowest BCUT2D eigenvalue weighted by Crippen LogP contribution is -2.53. The molecule has 164 valence electrons. The third-order valence-corrected chi connectivity index (χ3v) is 6.31. The van der Waals surface area contributed by atoms with E-state index in [9.17, 15) is 9.90 Å². The number of nitrogens with zero attached hydrogens (tertiary/aromatic N) is 3. The van der Waals surface area contributed by atoms with E-state index in [4.69, 9.17) is 21.1 Å². The van der Waals surface area contributed by atoms with Crippen molar-refractivity contribution in [2.45, 2.75) is 38.9 Å². The molecular weight excluding hydrogens is 428 g/mol. The molecule has 1 atom stereocenters. The van der Waals surface area contributed by atoms with Gasteiger partial charge in [-0.05, 0) is 56.5 Å². The Hall–Kier alpha value is -1.78. The summed E-state index contributed by atoms with van der Waals surface area (Å²) in [5, 5.41) is 23.5. The number of rotatable bonds is 8. The number of halogens is 1. The van der Waals surface area contributed by atoms with Crippen LogP contribution in [0, 0.1) is 13.8 Å². The molecule has 1 amide bonds. The van der Waals surface area contributed by atoms with Gasteiger partial charge in [0.05, 0.1) is 6.54 Å². The smallest absolute Gasteiger partial charge is 0.240 e. The maximum atomic E-state index is 12.4. The van der Waals surface area contributed by atoms with Gasteiger partial charge in [-0.15, -0.1) is 10.2 Å². The van der Waals surface area contributed by atoms with Crippen LogP contribution in [0.4, 0.5) is 5.13 Å². The number of benzene rings is 1. The van der Waals surface area contributed by atoms with Gasteiger partial charge in [-0.1, -0.05) is 22.9 Å². The minimum absolute atomic E-state index is 0.155. The van der Waals surface area contributed by atoms with Crippen molar-refractivity contribution in [3.8, 4) is 5.75 Å². The third kappa shape index (κ3) is 6.12. The number of β-amino-alcohol motifs (C(OH)–C–C–N with tert-alkyl or cyclic N) is 1. The molecule has 1 fully saturated rings. The number of ether oxygens (including phenoxy) is 2. The molecule has 0 bridgehead atoms. The van der Waals surface area contributed by atoms with Gasteiger partial charge in [-0.2, -0.15) is 0 Å². The van der Waals surface area contributed by atoms with Crippen molar-refractivity contribution >= 4 is 34.0 Å². The molecule has 2 aromatic rings. The predicted molar refractivity (Wildman–Crippen MR) is 116 cm³/mol. The number of methoxy groups -OCH3 is 1. The molecule has 1 aliphatic rings. The molecule has 1 aromatic heterocycles. The summed E-state index contributed by atoms with van der Waals surface area (Å²) in [6.07, 6.45) is 1.40. The maximum Gasteiger partial charge on any atom is 0.240 e. The largest absolute Gasteiger partial charge is 0.491 e. The summed E-state index contributed by atoms with van der Waals surface area (Å²) < 4.78 is 10.9. The second kappa shape index (κ2) is 10.0. The second-order valence-corrected chi connectivity index (χ2v) is 9.12. The van der Waals surface area contributed by atoms with Gasteiger partial charge in [0.1, 0.15) is 29.6 Å². The van der Waals surface area contributed by atoms with E-state index in [0.717, 1.165) is 29.1 Å². The first-order valence-corrected chi connectivity index (χ1v) is 10.9. The number of anilines is 1. The number of aliphatic hydroxyl groups is 1. The number of nitrogens with one attached hydrogen (secondary N) is 1. The molecule has 0 aliphatic carbocycles. The number of piperidine rings is 1. The van der Waals surface area contributed by atoms with E-state index in [-0.39, 0.29) is 19.1 Å². The summed E-state index contributed by atoms with van der Waals surface area (Å²) in [5.74, 6) is 0.491. The van der Waals surface area contributed by atoms with Crippen molar-refractivity contribution in [1.29, 1.82) is 0 Å². The van der Waals surface area contributed by atoms with Gasteiger partial charge in [-0.3, -0.25) is 15.0 Å². The standard InChI is InChI=1S/C20H27ClN4O4S/c1-13-7-15(8-14(2)18(13)21)29-12-20(27)5-4-6-25(11-20)9-16(26)22-19-24-23-17(30-19)10-28-3/h7-8,27H,4-6,9-12H2,1-3H3,(H,22,24,26). The Kier molecular flexibility index (Phi) is 7.65. The summed E-state index contributed by atoms with van der Waals surface area (Å²) in [5.41, 5.74) is 0.853. The van der Waals surface area contributed by atoms with Gasteiger partial charge in [0.15, 0.2) is 0 Å². The molecular formula is C20H27ClN4O4S. The maximum absolute atomic E-state index is 12.4. The minimum Gasteiger partial charge on any atom is -0.491 e. The van der Waals surface area contributed by atoms with E-state index in [0.29, 0.717) is 35.5 Å². The van der Waals surface area contributed by atoms with E-state index in [2.05, 4.69) is 15.5 Å². The summed E-state index contributed by atoms with van der Waals surface area (Å²) in [4.78, 5) is 14.3. The van der Waals surface area contributed by atoms with Crippen LogP contribution in [0.3, 0.4) is 0 Å². The van der Waals surface area contributed by atoms with Crippen LogP contribution in [0.5, 0.6) is 5.75 Å². The zero-order chi connectivity index (χ0) is 21.7. The zero-order valence-electron chi connectivity index (χ0n) is 17.4. The highest BCUT2D eigenvalue weighted by Crippen LogP contribution is 2.28. The molecule has 3 rings (SSSR count). The Labute approximate surface area is 185 Å². The quantitative estimate of drug-likeness (QED) is 0.633. The Bertz CT molecular complexity index is 870. The van der Waals surface area contributed by atoms with Crippen LogP contribution in [0.15, 0.2) is 12.1 Å². The van der Waals surface area contributed by atoms with E-state index < -0.39 is 5.60 Å². The first kappa shape index (κ1) is 22.9. The molecule has 2 heterocycles. The number of aryl methyl sites for hydroxylation is 2. The monoisotopic (exact) mass is 454 g/mol. The average Bonchev–Trinajstić information content (AvgIpc) is 3.11. The van der Waals surface area contributed by atoms with Crippen molar-refractivity contribution in [3.63, 3.8) is 0 Å². The number of likely N-dealkylation sites (tertiary alicyclic amines) is 1. The molecule has 30 heavy (non-hydrogen) atoms. The number of hydrogen-bond acceptors (Lipinski definition) is 8. The molecule has 8 nitrogen and oxygen atoms in total. The molecule has 1 aliphatic heterocycles. The molecule has 1 saturated heterocycles. The van der Waals surface area contributed by atoms with Gasteiger partial charge >= 0.3 is 0 Å². The van der Waals surface area contributed by atoms with Gasteiger partial charge < -0.3 is 14.6 Å². The Morgan fingerprint density at radius 1 is 1.37 bits per heavy atom. The van der Waals surface area contributed by atoms with E-state index in [1.165, 1.54) is 11.3 Å². The summed E-state index contributed by atoms with van der Waals surface area (Å²) in [6, 6.07) is 3.74. The van der Waals surface area contributed by atoms with Crippen molar-refractivity contribution in [3.05, 3.63) is 33.3 Å². The Balaban J connectivity index is 1.52. The van der Waals surface area contributed by atoms with Crippen LogP contribution in [0.2, 0.25) is 5.02 Å². The molecule has 10 heteroatoms. The lowest BCUT2D eigenvalue weighted by molar-refractivity contribution is -0.119. The van der Waals surface area contributed by atoms with Crippen LogP contribution >= 0.6 is 22.9 Å². The van der Waals surface area contributed by atoms with Crippen LogP contribution in [0.1, 0.15) is 29.0 Å². The molecule has 2 N–H and O–H groups in total. The first-order chi connectivity index (χ1) is 14.3.